The lowest BCUT2D eigenvalue weighted by Gasteiger charge is -2.36. The molecule has 6 nitrogen and oxygen atoms in total. The molecule has 1 aromatic rings. The van der Waals surface area contributed by atoms with Crippen LogP contribution in [0.1, 0.15) is 24.8 Å². The molecule has 0 aliphatic carbocycles. The number of carbonyl (C=O) groups is 1. The minimum atomic E-state index is 0.225. The van der Waals surface area contributed by atoms with Gasteiger partial charge in [-0.3, -0.25) is 9.78 Å². The van der Waals surface area contributed by atoms with E-state index < -0.39 is 0 Å². The van der Waals surface area contributed by atoms with Crippen molar-refractivity contribution < 1.29 is 9.53 Å². The van der Waals surface area contributed by atoms with Crippen LogP contribution in [0.5, 0.6) is 0 Å². The van der Waals surface area contributed by atoms with Crippen molar-refractivity contribution >= 4 is 5.91 Å². The molecular formula is C20H32N4O2. The Morgan fingerprint density at radius 2 is 2.04 bits per heavy atom. The molecular weight excluding hydrogens is 328 g/mol. The van der Waals surface area contributed by atoms with Gasteiger partial charge < -0.3 is 19.4 Å². The standard InChI is InChI=1S/C20H32N4O2/c1-22-10-12-23(13-11-22)8-3-9-24(19-5-14-26-15-6-19)20(25)16-18-4-2-7-21-17-18/h2,4,7,17,19H,3,5-6,8-16H2,1H3. The van der Waals surface area contributed by atoms with Crippen LogP contribution >= 0.6 is 0 Å². The van der Waals surface area contributed by atoms with E-state index in [2.05, 4.69) is 26.7 Å². The minimum absolute atomic E-state index is 0.225. The largest absolute Gasteiger partial charge is 0.381 e. The SMILES string of the molecule is CN1CCN(CCCN(C(=O)Cc2cccnc2)C2CCOCC2)CC1. The summed E-state index contributed by atoms with van der Waals surface area (Å²) >= 11 is 0. The second kappa shape index (κ2) is 10.00. The molecule has 0 radical (unpaired) electrons. The molecule has 0 unspecified atom stereocenters. The van der Waals surface area contributed by atoms with Gasteiger partial charge >= 0.3 is 0 Å². The minimum Gasteiger partial charge on any atom is -0.381 e. The van der Waals surface area contributed by atoms with Crippen molar-refractivity contribution in [2.75, 3.05) is 59.5 Å². The second-order valence-electron chi connectivity index (χ2n) is 7.47. The first-order chi connectivity index (χ1) is 12.7. The first-order valence-corrected chi connectivity index (χ1v) is 9.89. The zero-order valence-electron chi connectivity index (χ0n) is 16.0. The fourth-order valence-corrected chi connectivity index (χ4v) is 3.82. The Kier molecular flexibility index (Phi) is 7.41. The Morgan fingerprint density at radius 1 is 1.27 bits per heavy atom. The monoisotopic (exact) mass is 360 g/mol. The highest BCUT2D eigenvalue weighted by Gasteiger charge is 2.26. The van der Waals surface area contributed by atoms with E-state index in [0.29, 0.717) is 12.5 Å². The van der Waals surface area contributed by atoms with Crippen LogP contribution in [0.3, 0.4) is 0 Å². The van der Waals surface area contributed by atoms with E-state index in [4.69, 9.17) is 4.74 Å². The summed E-state index contributed by atoms with van der Waals surface area (Å²) in [5.74, 6) is 0.225. The Labute approximate surface area is 157 Å². The summed E-state index contributed by atoms with van der Waals surface area (Å²) in [6, 6.07) is 4.20. The zero-order valence-corrected chi connectivity index (χ0v) is 16.0. The summed E-state index contributed by atoms with van der Waals surface area (Å²) in [7, 11) is 2.18. The second-order valence-corrected chi connectivity index (χ2v) is 7.47. The quantitative estimate of drug-likeness (QED) is 0.733. The normalized spacial score (nSPS) is 20.2. The third-order valence-corrected chi connectivity index (χ3v) is 5.50. The lowest BCUT2D eigenvalue weighted by atomic mass is 10.0. The molecule has 2 aliphatic rings. The van der Waals surface area contributed by atoms with E-state index in [-0.39, 0.29) is 5.91 Å². The average molecular weight is 361 g/mol. The van der Waals surface area contributed by atoms with Crippen molar-refractivity contribution in [3.05, 3.63) is 30.1 Å². The topological polar surface area (TPSA) is 48.9 Å². The molecule has 2 saturated heterocycles. The molecule has 144 valence electrons. The van der Waals surface area contributed by atoms with Crippen molar-refractivity contribution in [1.82, 2.24) is 19.7 Å². The summed E-state index contributed by atoms with van der Waals surface area (Å²) in [4.78, 5) is 24.1. The maximum absolute atomic E-state index is 13.0. The van der Waals surface area contributed by atoms with Crippen molar-refractivity contribution in [3.63, 3.8) is 0 Å². The van der Waals surface area contributed by atoms with Gasteiger partial charge in [-0.2, -0.15) is 0 Å². The molecule has 0 atom stereocenters. The van der Waals surface area contributed by atoms with Crippen molar-refractivity contribution in [2.24, 2.45) is 0 Å². The van der Waals surface area contributed by atoms with E-state index >= 15 is 0 Å². The third-order valence-electron chi connectivity index (χ3n) is 5.50. The number of ether oxygens (including phenoxy) is 1. The Morgan fingerprint density at radius 3 is 2.73 bits per heavy atom. The molecule has 3 heterocycles. The molecule has 0 aromatic carbocycles. The molecule has 0 N–H and O–H groups in total. The molecule has 3 rings (SSSR count). The Bertz CT molecular complexity index is 540. The highest BCUT2D eigenvalue weighted by molar-refractivity contribution is 5.79. The summed E-state index contributed by atoms with van der Waals surface area (Å²) in [6.07, 6.45) is 6.94. The van der Waals surface area contributed by atoms with Crippen LogP contribution in [0.25, 0.3) is 0 Å². The van der Waals surface area contributed by atoms with Gasteiger partial charge in [0.25, 0.3) is 0 Å². The van der Waals surface area contributed by atoms with Crippen molar-refractivity contribution in [1.29, 1.82) is 0 Å². The van der Waals surface area contributed by atoms with Gasteiger partial charge in [0, 0.05) is 64.4 Å². The molecule has 0 saturated carbocycles. The molecule has 0 bridgehead atoms. The first-order valence-electron chi connectivity index (χ1n) is 9.89. The van der Waals surface area contributed by atoms with Gasteiger partial charge in [-0.25, -0.2) is 0 Å². The number of amides is 1. The number of hydrogen-bond acceptors (Lipinski definition) is 5. The molecule has 6 heteroatoms. The fourth-order valence-electron chi connectivity index (χ4n) is 3.82. The lowest BCUT2D eigenvalue weighted by molar-refractivity contribution is -0.134. The summed E-state index contributed by atoms with van der Waals surface area (Å²) in [6.45, 7) is 8.01. The highest BCUT2D eigenvalue weighted by atomic mass is 16.5. The Hall–Kier alpha value is -1.50. The van der Waals surface area contributed by atoms with Crippen LogP contribution in [0.4, 0.5) is 0 Å². The molecule has 2 fully saturated rings. The predicted octanol–water partition coefficient (Wildman–Crippen LogP) is 1.27. The number of nitrogens with zero attached hydrogens (tertiary/aromatic N) is 4. The molecule has 1 amide bonds. The van der Waals surface area contributed by atoms with Crippen molar-refractivity contribution in [3.8, 4) is 0 Å². The van der Waals surface area contributed by atoms with Gasteiger partial charge in [0.1, 0.15) is 0 Å². The average Bonchev–Trinajstić information content (AvgIpc) is 2.68. The van der Waals surface area contributed by atoms with Crippen molar-refractivity contribution in [2.45, 2.75) is 31.7 Å². The number of carbonyl (C=O) groups excluding carboxylic acids is 1. The van der Waals surface area contributed by atoms with E-state index in [0.717, 1.165) is 77.3 Å². The van der Waals surface area contributed by atoms with Gasteiger partial charge in [0.05, 0.1) is 6.42 Å². The summed E-state index contributed by atoms with van der Waals surface area (Å²) in [5, 5.41) is 0. The number of piperazine rings is 1. The fraction of sp³-hybridized carbons (Fsp3) is 0.700. The molecule has 1 aromatic heterocycles. The number of aromatic nitrogens is 1. The number of rotatable bonds is 7. The summed E-state index contributed by atoms with van der Waals surface area (Å²) < 4.78 is 5.50. The maximum Gasteiger partial charge on any atom is 0.227 e. The third kappa shape index (κ3) is 5.76. The lowest BCUT2D eigenvalue weighted by Crippen LogP contribution is -2.47. The molecule has 2 aliphatic heterocycles. The summed E-state index contributed by atoms with van der Waals surface area (Å²) in [5.41, 5.74) is 0.994. The van der Waals surface area contributed by atoms with Crippen LogP contribution in [-0.2, 0) is 16.0 Å². The van der Waals surface area contributed by atoms with Crippen LogP contribution in [-0.4, -0.2) is 91.2 Å². The van der Waals surface area contributed by atoms with Crippen LogP contribution < -0.4 is 0 Å². The van der Waals surface area contributed by atoms with Gasteiger partial charge in [-0.05, 0) is 44.5 Å². The van der Waals surface area contributed by atoms with Gasteiger partial charge in [0.2, 0.25) is 5.91 Å². The van der Waals surface area contributed by atoms with Gasteiger partial charge in [-0.1, -0.05) is 6.07 Å². The predicted molar refractivity (Wildman–Crippen MR) is 102 cm³/mol. The van der Waals surface area contributed by atoms with E-state index in [1.165, 1.54) is 0 Å². The number of likely N-dealkylation sites (N-methyl/N-ethyl adjacent to an activating group) is 1. The van der Waals surface area contributed by atoms with Crippen LogP contribution in [0.2, 0.25) is 0 Å². The maximum atomic E-state index is 13.0. The van der Waals surface area contributed by atoms with E-state index in [1.807, 2.05) is 12.1 Å². The highest BCUT2D eigenvalue weighted by Crippen LogP contribution is 2.17. The van der Waals surface area contributed by atoms with Gasteiger partial charge in [-0.15, -0.1) is 0 Å². The van der Waals surface area contributed by atoms with Crippen LogP contribution in [0.15, 0.2) is 24.5 Å². The zero-order chi connectivity index (χ0) is 18.2. The number of pyridine rings is 1. The molecule has 26 heavy (non-hydrogen) atoms. The van der Waals surface area contributed by atoms with Gasteiger partial charge in [0.15, 0.2) is 0 Å². The Balaban J connectivity index is 1.53. The smallest absolute Gasteiger partial charge is 0.227 e. The van der Waals surface area contributed by atoms with Crippen LogP contribution in [0, 0.1) is 0 Å². The number of hydrogen-bond donors (Lipinski definition) is 0. The first kappa shape index (κ1) is 19.3. The van der Waals surface area contributed by atoms with E-state index in [9.17, 15) is 4.79 Å². The van der Waals surface area contributed by atoms with E-state index in [1.54, 1.807) is 12.4 Å². The molecule has 0 spiro atoms.